The van der Waals surface area contributed by atoms with Crippen LogP contribution in [0.15, 0.2) is 36.5 Å². The summed E-state index contributed by atoms with van der Waals surface area (Å²) < 4.78 is 0. The molecule has 1 aromatic heterocycles. The Morgan fingerprint density at radius 1 is 1.27 bits per heavy atom. The lowest BCUT2D eigenvalue weighted by Crippen LogP contribution is -1.97. The first-order chi connectivity index (χ1) is 7.29. The number of nitrogens with zero attached hydrogens (tertiary/aromatic N) is 2. The summed E-state index contributed by atoms with van der Waals surface area (Å²) in [5.41, 5.74) is 8.67. The van der Waals surface area contributed by atoms with Crippen LogP contribution in [0.3, 0.4) is 0 Å². The summed E-state index contributed by atoms with van der Waals surface area (Å²) >= 11 is 0. The van der Waals surface area contributed by atoms with E-state index >= 15 is 0 Å². The van der Waals surface area contributed by atoms with Crippen molar-refractivity contribution in [2.45, 2.75) is 13.5 Å². The van der Waals surface area contributed by atoms with Gasteiger partial charge in [0.1, 0.15) is 0 Å². The van der Waals surface area contributed by atoms with Crippen LogP contribution in [0.4, 0.5) is 0 Å². The summed E-state index contributed by atoms with van der Waals surface area (Å²) in [7, 11) is 0. The Bertz CT molecular complexity index is 466. The lowest BCUT2D eigenvalue weighted by molar-refractivity contribution is 1.06. The Balaban J connectivity index is 2.44. The molecular formula is C12H13N3. The second-order valence-corrected chi connectivity index (χ2v) is 3.43. The summed E-state index contributed by atoms with van der Waals surface area (Å²) in [6, 6.07) is 9.88. The number of aromatic nitrogens is 2. The second-order valence-electron chi connectivity index (χ2n) is 3.43. The average molecular weight is 199 g/mol. The molecule has 0 aliphatic rings. The van der Waals surface area contributed by atoms with Crippen molar-refractivity contribution < 1.29 is 0 Å². The van der Waals surface area contributed by atoms with Crippen molar-refractivity contribution in [1.82, 2.24) is 9.97 Å². The quantitative estimate of drug-likeness (QED) is 0.803. The van der Waals surface area contributed by atoms with Gasteiger partial charge in [0, 0.05) is 24.0 Å². The van der Waals surface area contributed by atoms with E-state index in [-0.39, 0.29) is 0 Å². The standard InChI is InChI=1S/C12H13N3/c1-9-5-6-14-12(15-9)11-4-2-3-10(7-11)8-13/h2-7H,8,13H2,1H3. The normalized spacial score (nSPS) is 10.3. The van der Waals surface area contributed by atoms with E-state index in [1.54, 1.807) is 6.20 Å². The Morgan fingerprint density at radius 3 is 2.87 bits per heavy atom. The van der Waals surface area contributed by atoms with Gasteiger partial charge in [-0.2, -0.15) is 0 Å². The lowest BCUT2D eigenvalue weighted by atomic mass is 10.1. The van der Waals surface area contributed by atoms with Crippen molar-refractivity contribution in [3.05, 3.63) is 47.8 Å². The maximum absolute atomic E-state index is 5.59. The minimum absolute atomic E-state index is 0.541. The van der Waals surface area contributed by atoms with Gasteiger partial charge in [-0.05, 0) is 24.6 Å². The minimum Gasteiger partial charge on any atom is -0.326 e. The zero-order valence-electron chi connectivity index (χ0n) is 8.64. The molecule has 3 nitrogen and oxygen atoms in total. The van der Waals surface area contributed by atoms with Crippen molar-refractivity contribution in [2.24, 2.45) is 5.73 Å². The highest BCUT2D eigenvalue weighted by Crippen LogP contribution is 2.15. The van der Waals surface area contributed by atoms with Crippen molar-refractivity contribution in [3.63, 3.8) is 0 Å². The molecule has 0 aliphatic heterocycles. The smallest absolute Gasteiger partial charge is 0.159 e. The number of hydrogen-bond donors (Lipinski definition) is 1. The molecule has 0 bridgehead atoms. The molecule has 2 rings (SSSR count). The highest BCUT2D eigenvalue weighted by molar-refractivity contribution is 5.55. The molecular weight excluding hydrogens is 186 g/mol. The van der Waals surface area contributed by atoms with Gasteiger partial charge in [0.2, 0.25) is 0 Å². The van der Waals surface area contributed by atoms with Crippen molar-refractivity contribution in [3.8, 4) is 11.4 Å². The molecule has 0 radical (unpaired) electrons. The highest BCUT2D eigenvalue weighted by atomic mass is 14.9. The Kier molecular flexibility index (Phi) is 2.74. The SMILES string of the molecule is Cc1ccnc(-c2cccc(CN)c2)n1. The van der Waals surface area contributed by atoms with Crippen LogP contribution in [0.2, 0.25) is 0 Å². The zero-order chi connectivity index (χ0) is 10.7. The van der Waals surface area contributed by atoms with Crippen molar-refractivity contribution in [2.75, 3.05) is 0 Å². The number of benzene rings is 1. The third-order valence-electron chi connectivity index (χ3n) is 2.22. The summed E-state index contributed by atoms with van der Waals surface area (Å²) in [6.07, 6.45) is 1.77. The summed E-state index contributed by atoms with van der Waals surface area (Å²) in [5.74, 6) is 0.755. The predicted molar refractivity (Wildman–Crippen MR) is 60.1 cm³/mol. The van der Waals surface area contributed by atoms with E-state index in [0.717, 1.165) is 22.6 Å². The van der Waals surface area contributed by atoms with E-state index in [0.29, 0.717) is 6.54 Å². The van der Waals surface area contributed by atoms with Gasteiger partial charge in [-0.1, -0.05) is 18.2 Å². The van der Waals surface area contributed by atoms with Crippen LogP contribution in [0, 0.1) is 6.92 Å². The number of rotatable bonds is 2. The van der Waals surface area contributed by atoms with Crippen molar-refractivity contribution in [1.29, 1.82) is 0 Å². The molecule has 0 atom stereocenters. The molecule has 0 aliphatic carbocycles. The fourth-order valence-electron chi connectivity index (χ4n) is 1.43. The van der Waals surface area contributed by atoms with Gasteiger partial charge in [-0.3, -0.25) is 0 Å². The van der Waals surface area contributed by atoms with Crippen LogP contribution in [0.5, 0.6) is 0 Å². The van der Waals surface area contributed by atoms with Gasteiger partial charge >= 0.3 is 0 Å². The average Bonchev–Trinajstić information content (AvgIpc) is 2.29. The number of nitrogens with two attached hydrogens (primary N) is 1. The molecule has 0 unspecified atom stereocenters. The maximum Gasteiger partial charge on any atom is 0.159 e. The van der Waals surface area contributed by atoms with Crippen LogP contribution in [-0.4, -0.2) is 9.97 Å². The fourth-order valence-corrected chi connectivity index (χ4v) is 1.43. The molecule has 0 spiro atoms. The maximum atomic E-state index is 5.59. The topological polar surface area (TPSA) is 51.8 Å². The van der Waals surface area contributed by atoms with Gasteiger partial charge in [-0.25, -0.2) is 9.97 Å². The van der Waals surface area contributed by atoms with Gasteiger partial charge < -0.3 is 5.73 Å². The molecule has 0 fully saturated rings. The monoisotopic (exact) mass is 199 g/mol. The van der Waals surface area contributed by atoms with Crippen LogP contribution in [0.1, 0.15) is 11.3 Å². The third kappa shape index (κ3) is 2.19. The fraction of sp³-hybridized carbons (Fsp3) is 0.167. The molecule has 2 N–H and O–H groups in total. The highest BCUT2D eigenvalue weighted by Gasteiger charge is 2.01. The molecule has 15 heavy (non-hydrogen) atoms. The van der Waals surface area contributed by atoms with Crippen LogP contribution >= 0.6 is 0 Å². The third-order valence-corrected chi connectivity index (χ3v) is 2.22. The first-order valence-electron chi connectivity index (χ1n) is 4.88. The Labute approximate surface area is 89.0 Å². The molecule has 2 aromatic rings. The molecule has 1 heterocycles. The van der Waals surface area contributed by atoms with Gasteiger partial charge in [-0.15, -0.1) is 0 Å². The molecule has 0 saturated carbocycles. The molecule has 76 valence electrons. The summed E-state index contributed by atoms with van der Waals surface area (Å²) in [4.78, 5) is 8.60. The van der Waals surface area contributed by atoms with E-state index in [1.165, 1.54) is 0 Å². The van der Waals surface area contributed by atoms with Gasteiger partial charge in [0.15, 0.2) is 5.82 Å². The summed E-state index contributed by atoms with van der Waals surface area (Å²) in [5, 5.41) is 0. The van der Waals surface area contributed by atoms with Crippen LogP contribution in [0.25, 0.3) is 11.4 Å². The van der Waals surface area contributed by atoms with Gasteiger partial charge in [0.05, 0.1) is 0 Å². The zero-order valence-corrected chi connectivity index (χ0v) is 8.64. The van der Waals surface area contributed by atoms with Crippen LogP contribution < -0.4 is 5.73 Å². The van der Waals surface area contributed by atoms with E-state index in [2.05, 4.69) is 9.97 Å². The van der Waals surface area contributed by atoms with Crippen LogP contribution in [-0.2, 0) is 6.54 Å². The van der Waals surface area contributed by atoms with E-state index < -0.39 is 0 Å². The van der Waals surface area contributed by atoms with E-state index in [9.17, 15) is 0 Å². The molecule has 1 aromatic carbocycles. The molecule has 0 amide bonds. The van der Waals surface area contributed by atoms with E-state index in [4.69, 9.17) is 5.73 Å². The van der Waals surface area contributed by atoms with Crippen molar-refractivity contribution >= 4 is 0 Å². The largest absolute Gasteiger partial charge is 0.326 e. The molecule has 0 saturated heterocycles. The first-order valence-corrected chi connectivity index (χ1v) is 4.88. The Hall–Kier alpha value is -1.74. The van der Waals surface area contributed by atoms with Gasteiger partial charge in [0.25, 0.3) is 0 Å². The number of aryl methyl sites for hydroxylation is 1. The summed E-state index contributed by atoms with van der Waals surface area (Å²) in [6.45, 7) is 2.50. The van der Waals surface area contributed by atoms with E-state index in [1.807, 2.05) is 37.3 Å². The number of hydrogen-bond acceptors (Lipinski definition) is 3. The first kappa shape index (κ1) is 9.80. The Morgan fingerprint density at radius 2 is 2.13 bits per heavy atom. The lowest BCUT2D eigenvalue weighted by Gasteiger charge is -2.02. The molecule has 3 heteroatoms. The predicted octanol–water partition coefficient (Wildman–Crippen LogP) is 1.91. The minimum atomic E-state index is 0.541. The second kappa shape index (κ2) is 4.19.